The SMILES string of the molecule is CCC=C(C(=O)OC=O)c1cccc(-c2ccccc2)c1. The van der Waals surface area contributed by atoms with Crippen LogP contribution in [-0.2, 0) is 14.3 Å². The van der Waals surface area contributed by atoms with E-state index in [1.54, 1.807) is 6.08 Å². The lowest BCUT2D eigenvalue weighted by Crippen LogP contribution is -2.06. The minimum absolute atomic E-state index is 0.160. The quantitative estimate of drug-likeness (QED) is 0.361. The molecule has 0 fully saturated rings. The van der Waals surface area contributed by atoms with Crippen molar-refractivity contribution in [3.05, 3.63) is 66.2 Å². The van der Waals surface area contributed by atoms with Gasteiger partial charge >= 0.3 is 12.4 Å². The molecule has 0 radical (unpaired) electrons. The van der Waals surface area contributed by atoms with Crippen molar-refractivity contribution in [2.45, 2.75) is 13.3 Å². The van der Waals surface area contributed by atoms with Crippen LogP contribution in [0, 0.1) is 0 Å². The van der Waals surface area contributed by atoms with Gasteiger partial charge in [0.1, 0.15) is 0 Å². The van der Waals surface area contributed by atoms with Crippen molar-refractivity contribution in [1.29, 1.82) is 0 Å². The van der Waals surface area contributed by atoms with Crippen molar-refractivity contribution in [3.8, 4) is 11.1 Å². The number of carbonyl (C=O) groups excluding carboxylic acids is 2. The van der Waals surface area contributed by atoms with Crippen LogP contribution in [0.15, 0.2) is 60.7 Å². The summed E-state index contributed by atoms with van der Waals surface area (Å²) in [5, 5.41) is 0. The van der Waals surface area contributed by atoms with E-state index in [0.717, 1.165) is 16.7 Å². The largest absolute Gasteiger partial charge is 0.392 e. The summed E-state index contributed by atoms with van der Waals surface area (Å²) in [6, 6.07) is 17.5. The first-order chi connectivity index (χ1) is 10.3. The molecular formula is C18H16O3. The maximum Gasteiger partial charge on any atom is 0.345 e. The smallest absolute Gasteiger partial charge is 0.345 e. The van der Waals surface area contributed by atoms with Gasteiger partial charge in [0, 0.05) is 0 Å². The molecule has 0 amide bonds. The number of carbonyl (C=O) groups is 2. The second-order valence-electron chi connectivity index (χ2n) is 4.47. The van der Waals surface area contributed by atoms with E-state index in [9.17, 15) is 9.59 Å². The Hall–Kier alpha value is -2.68. The molecule has 0 aliphatic carbocycles. The van der Waals surface area contributed by atoms with E-state index in [1.807, 2.05) is 61.5 Å². The van der Waals surface area contributed by atoms with Crippen molar-refractivity contribution in [3.63, 3.8) is 0 Å². The first-order valence-electron chi connectivity index (χ1n) is 6.77. The molecule has 0 unspecified atom stereocenters. The number of allylic oxidation sites excluding steroid dienone is 1. The zero-order chi connectivity index (χ0) is 15.1. The molecule has 106 valence electrons. The zero-order valence-corrected chi connectivity index (χ0v) is 11.8. The minimum atomic E-state index is -0.628. The Morgan fingerprint density at radius 1 is 1.05 bits per heavy atom. The predicted octanol–water partition coefficient (Wildman–Crippen LogP) is 3.85. The molecule has 0 spiro atoms. The van der Waals surface area contributed by atoms with Crippen LogP contribution in [0.4, 0.5) is 0 Å². The Morgan fingerprint density at radius 2 is 1.76 bits per heavy atom. The first kappa shape index (κ1) is 14.7. The Balaban J connectivity index is 2.41. The van der Waals surface area contributed by atoms with E-state index in [1.165, 1.54) is 0 Å². The van der Waals surface area contributed by atoms with Crippen LogP contribution in [0.2, 0.25) is 0 Å². The monoisotopic (exact) mass is 280 g/mol. The summed E-state index contributed by atoms with van der Waals surface area (Å²) in [6.07, 6.45) is 2.44. The Bertz CT molecular complexity index is 657. The van der Waals surface area contributed by atoms with Gasteiger partial charge in [-0.05, 0) is 29.2 Å². The molecule has 0 saturated heterocycles. The Labute approximate surface area is 123 Å². The number of hydrogen-bond acceptors (Lipinski definition) is 3. The van der Waals surface area contributed by atoms with E-state index < -0.39 is 5.97 Å². The Morgan fingerprint density at radius 3 is 2.43 bits per heavy atom. The highest BCUT2D eigenvalue weighted by atomic mass is 16.6. The maximum atomic E-state index is 11.9. The number of esters is 1. The van der Waals surface area contributed by atoms with Crippen LogP contribution in [0.5, 0.6) is 0 Å². The lowest BCUT2D eigenvalue weighted by atomic mass is 9.98. The second-order valence-corrected chi connectivity index (χ2v) is 4.47. The van der Waals surface area contributed by atoms with Crippen molar-refractivity contribution in [1.82, 2.24) is 0 Å². The number of benzene rings is 2. The van der Waals surface area contributed by atoms with E-state index in [0.29, 0.717) is 12.0 Å². The molecule has 0 bridgehead atoms. The topological polar surface area (TPSA) is 43.4 Å². The molecule has 21 heavy (non-hydrogen) atoms. The van der Waals surface area contributed by atoms with Gasteiger partial charge in [-0.15, -0.1) is 0 Å². The summed E-state index contributed by atoms with van der Waals surface area (Å²) in [4.78, 5) is 22.2. The Kier molecular flexibility index (Phi) is 5.04. The molecule has 0 aliphatic rings. The van der Waals surface area contributed by atoms with Crippen LogP contribution < -0.4 is 0 Å². The molecule has 0 aliphatic heterocycles. The van der Waals surface area contributed by atoms with Crippen LogP contribution in [0.3, 0.4) is 0 Å². The molecule has 0 saturated carbocycles. The summed E-state index contributed by atoms with van der Waals surface area (Å²) in [7, 11) is 0. The summed E-state index contributed by atoms with van der Waals surface area (Å²) in [5.74, 6) is -0.628. The lowest BCUT2D eigenvalue weighted by Gasteiger charge is -2.08. The van der Waals surface area contributed by atoms with Crippen LogP contribution in [0.25, 0.3) is 16.7 Å². The highest BCUT2D eigenvalue weighted by molar-refractivity contribution is 6.18. The van der Waals surface area contributed by atoms with E-state index in [-0.39, 0.29) is 6.47 Å². The van der Waals surface area contributed by atoms with Crippen LogP contribution in [-0.4, -0.2) is 12.4 Å². The van der Waals surface area contributed by atoms with Gasteiger partial charge in [-0.3, -0.25) is 4.79 Å². The fraction of sp³-hybridized carbons (Fsp3) is 0.111. The molecule has 3 nitrogen and oxygen atoms in total. The molecule has 0 atom stereocenters. The van der Waals surface area contributed by atoms with Gasteiger partial charge in [0.15, 0.2) is 0 Å². The fourth-order valence-corrected chi connectivity index (χ4v) is 2.13. The molecule has 3 heteroatoms. The van der Waals surface area contributed by atoms with Gasteiger partial charge < -0.3 is 4.74 Å². The molecule has 0 N–H and O–H groups in total. The minimum Gasteiger partial charge on any atom is -0.392 e. The van der Waals surface area contributed by atoms with Gasteiger partial charge in [0.05, 0.1) is 5.57 Å². The van der Waals surface area contributed by atoms with E-state index in [4.69, 9.17) is 0 Å². The molecular weight excluding hydrogens is 264 g/mol. The number of hydrogen-bond donors (Lipinski definition) is 0. The maximum absolute atomic E-state index is 11.9. The number of rotatable bonds is 5. The van der Waals surface area contributed by atoms with Crippen molar-refractivity contribution in [2.24, 2.45) is 0 Å². The van der Waals surface area contributed by atoms with Crippen LogP contribution >= 0.6 is 0 Å². The highest BCUT2D eigenvalue weighted by Gasteiger charge is 2.13. The summed E-state index contributed by atoms with van der Waals surface area (Å²) in [6.45, 7) is 2.09. The average Bonchev–Trinajstić information content (AvgIpc) is 2.54. The van der Waals surface area contributed by atoms with E-state index >= 15 is 0 Å². The highest BCUT2D eigenvalue weighted by Crippen LogP contribution is 2.24. The molecule has 0 heterocycles. The zero-order valence-electron chi connectivity index (χ0n) is 11.8. The third-order valence-corrected chi connectivity index (χ3v) is 3.06. The molecule has 2 aromatic carbocycles. The first-order valence-corrected chi connectivity index (χ1v) is 6.77. The summed E-state index contributed by atoms with van der Waals surface area (Å²) < 4.78 is 4.47. The summed E-state index contributed by atoms with van der Waals surface area (Å²) >= 11 is 0. The van der Waals surface area contributed by atoms with E-state index in [2.05, 4.69) is 4.74 Å². The average molecular weight is 280 g/mol. The fourth-order valence-electron chi connectivity index (χ4n) is 2.13. The lowest BCUT2D eigenvalue weighted by molar-refractivity contribution is -0.146. The normalized spacial score (nSPS) is 11.0. The van der Waals surface area contributed by atoms with Gasteiger partial charge in [-0.2, -0.15) is 0 Å². The van der Waals surface area contributed by atoms with Gasteiger partial charge in [0.2, 0.25) is 0 Å². The van der Waals surface area contributed by atoms with Crippen molar-refractivity contribution in [2.75, 3.05) is 0 Å². The molecule has 0 aromatic heterocycles. The molecule has 2 aromatic rings. The molecule has 2 rings (SSSR count). The summed E-state index contributed by atoms with van der Waals surface area (Å²) in [5.41, 5.74) is 3.22. The van der Waals surface area contributed by atoms with Gasteiger partial charge in [-0.25, -0.2) is 4.79 Å². The third kappa shape index (κ3) is 3.66. The third-order valence-electron chi connectivity index (χ3n) is 3.06. The standard InChI is InChI=1S/C18H16O3/c1-2-7-17(18(20)21-13-19)16-11-6-10-15(12-16)14-8-4-3-5-9-14/h3-13H,2H2,1H3. The number of ether oxygens (including phenoxy) is 1. The van der Waals surface area contributed by atoms with Gasteiger partial charge in [0.25, 0.3) is 0 Å². The predicted molar refractivity (Wildman–Crippen MR) is 82.3 cm³/mol. The van der Waals surface area contributed by atoms with Crippen molar-refractivity contribution < 1.29 is 14.3 Å². The van der Waals surface area contributed by atoms with Crippen molar-refractivity contribution >= 4 is 18.0 Å². The van der Waals surface area contributed by atoms with Crippen LogP contribution in [0.1, 0.15) is 18.9 Å². The second kappa shape index (κ2) is 7.20. The van der Waals surface area contributed by atoms with Gasteiger partial charge in [-0.1, -0.05) is 61.5 Å².